The molecule has 0 amide bonds. The largest absolute Gasteiger partial charge is 0.507 e. The predicted molar refractivity (Wildman–Crippen MR) is 136 cm³/mol. The van der Waals surface area contributed by atoms with E-state index >= 15 is 0 Å². The number of nitro groups is 1. The SMILES string of the molecule is C/C(C[C@H](c1ccccc1)c1c(O)c2ccccc2oc1=O)=N\Nc1ccc([N+](=O)[O-])cc1[N+](C)=O. The van der Waals surface area contributed by atoms with Gasteiger partial charge in [0.15, 0.2) is 7.05 Å². The lowest BCUT2D eigenvalue weighted by atomic mass is 9.87. The van der Waals surface area contributed by atoms with Crippen molar-refractivity contribution < 1.29 is 19.2 Å². The van der Waals surface area contributed by atoms with Crippen molar-refractivity contribution in [2.75, 3.05) is 12.5 Å². The van der Waals surface area contributed by atoms with Crippen molar-refractivity contribution >= 4 is 33.7 Å². The minimum absolute atomic E-state index is 0.0492. The lowest BCUT2D eigenvalue weighted by molar-refractivity contribution is -0.429. The first-order valence-electron chi connectivity index (χ1n) is 11.0. The number of benzene rings is 3. The third-order valence-electron chi connectivity index (χ3n) is 5.77. The van der Waals surface area contributed by atoms with Gasteiger partial charge < -0.3 is 9.52 Å². The van der Waals surface area contributed by atoms with Crippen LogP contribution in [0.5, 0.6) is 5.75 Å². The molecule has 0 unspecified atom stereocenters. The number of fused-ring (bicyclic) bond motifs is 1. The van der Waals surface area contributed by atoms with Crippen molar-refractivity contribution in [2.45, 2.75) is 19.3 Å². The summed E-state index contributed by atoms with van der Waals surface area (Å²) in [6.45, 7) is 1.73. The average Bonchev–Trinajstić information content (AvgIpc) is 2.87. The summed E-state index contributed by atoms with van der Waals surface area (Å²) in [5.74, 6) is -0.724. The smallest absolute Gasteiger partial charge is 0.343 e. The van der Waals surface area contributed by atoms with Crippen LogP contribution in [0, 0.1) is 15.0 Å². The van der Waals surface area contributed by atoms with Crippen LogP contribution < -0.4 is 11.1 Å². The van der Waals surface area contributed by atoms with Gasteiger partial charge in [-0.2, -0.15) is 5.10 Å². The number of aromatic hydroxyl groups is 1. The van der Waals surface area contributed by atoms with Gasteiger partial charge in [-0.1, -0.05) is 42.5 Å². The van der Waals surface area contributed by atoms with E-state index in [4.69, 9.17) is 4.42 Å². The minimum atomic E-state index is -0.647. The molecule has 0 fully saturated rings. The highest BCUT2D eigenvalue weighted by Crippen LogP contribution is 2.36. The molecule has 3 aromatic carbocycles. The Balaban J connectivity index is 1.71. The molecule has 4 aromatic rings. The van der Waals surface area contributed by atoms with Gasteiger partial charge >= 0.3 is 5.63 Å². The van der Waals surface area contributed by atoms with E-state index in [1.54, 1.807) is 31.2 Å². The molecule has 2 N–H and O–H groups in total. The van der Waals surface area contributed by atoms with Crippen molar-refractivity contribution in [1.29, 1.82) is 0 Å². The monoisotopic (exact) mass is 487 g/mol. The highest BCUT2D eigenvalue weighted by atomic mass is 16.6. The Bertz CT molecular complexity index is 1550. The average molecular weight is 487 g/mol. The summed E-state index contributed by atoms with van der Waals surface area (Å²) in [5.41, 5.74) is 3.98. The van der Waals surface area contributed by atoms with Crippen molar-refractivity contribution in [1.82, 2.24) is 0 Å². The summed E-state index contributed by atoms with van der Waals surface area (Å²) in [7, 11) is 1.23. The number of rotatable bonds is 8. The first-order chi connectivity index (χ1) is 17.3. The zero-order chi connectivity index (χ0) is 25.8. The highest BCUT2D eigenvalue weighted by molar-refractivity contribution is 5.87. The van der Waals surface area contributed by atoms with Gasteiger partial charge in [0.1, 0.15) is 17.0 Å². The lowest BCUT2D eigenvalue weighted by Crippen LogP contribution is -2.17. The summed E-state index contributed by atoms with van der Waals surface area (Å²) in [5, 5.41) is 26.9. The number of hydrazone groups is 1. The summed E-state index contributed by atoms with van der Waals surface area (Å²) >= 11 is 0. The molecule has 0 radical (unpaired) electrons. The summed E-state index contributed by atoms with van der Waals surface area (Å²) in [6, 6.07) is 19.8. The third kappa shape index (κ3) is 4.97. The van der Waals surface area contributed by atoms with Gasteiger partial charge in [-0.05, 0) is 37.1 Å². The number of hydrogen-bond donors (Lipinski definition) is 2. The van der Waals surface area contributed by atoms with Crippen molar-refractivity contribution in [3.05, 3.63) is 109 Å². The van der Waals surface area contributed by atoms with Crippen LogP contribution in [0.1, 0.15) is 30.4 Å². The standard InChI is InChI=1S/C26H22N4O6/c1-16(27-28-21-13-12-18(30(34)35)15-22(21)29(2)33)14-20(17-8-4-3-5-9-17)24-25(31)19-10-6-7-11-23(19)36-26(24)32/h3-13,15,20H,14H2,1-2H3,(H-,28,31,32,33)/p+1/t20-/m1/s1. The summed E-state index contributed by atoms with van der Waals surface area (Å²) in [4.78, 5) is 35.4. The quantitative estimate of drug-likeness (QED) is 0.111. The van der Waals surface area contributed by atoms with Crippen molar-refractivity contribution in [2.24, 2.45) is 5.10 Å². The normalized spacial score (nSPS) is 12.3. The molecule has 1 atom stereocenters. The number of non-ortho nitro benzene ring substituents is 1. The number of nitroso groups, excluding NO2 is 1. The second-order valence-corrected chi connectivity index (χ2v) is 8.23. The molecule has 0 bridgehead atoms. The van der Waals surface area contributed by atoms with Crippen LogP contribution >= 0.6 is 0 Å². The summed E-state index contributed by atoms with van der Waals surface area (Å²) in [6.07, 6.45) is 0.239. The molecule has 10 heteroatoms. The fourth-order valence-electron chi connectivity index (χ4n) is 4.01. The third-order valence-corrected chi connectivity index (χ3v) is 5.77. The molecule has 182 valence electrons. The Morgan fingerprint density at radius 1 is 1.08 bits per heavy atom. The van der Waals surface area contributed by atoms with E-state index in [1.807, 2.05) is 30.3 Å². The molecular formula is C26H23N4O6+. The molecule has 4 rings (SSSR count). The molecule has 36 heavy (non-hydrogen) atoms. The van der Waals surface area contributed by atoms with Crippen LogP contribution in [0.4, 0.5) is 17.1 Å². The molecular weight excluding hydrogens is 464 g/mol. The highest BCUT2D eigenvalue weighted by Gasteiger charge is 2.26. The van der Waals surface area contributed by atoms with Gasteiger partial charge in [-0.3, -0.25) is 15.5 Å². The van der Waals surface area contributed by atoms with E-state index < -0.39 is 16.5 Å². The molecule has 0 aliphatic rings. The lowest BCUT2D eigenvalue weighted by Gasteiger charge is -2.18. The fourth-order valence-corrected chi connectivity index (χ4v) is 4.01. The number of nitrogens with one attached hydrogen (secondary N) is 1. The van der Waals surface area contributed by atoms with Gasteiger partial charge in [0.05, 0.1) is 21.9 Å². The molecule has 0 spiro atoms. The maximum atomic E-state index is 13.0. The minimum Gasteiger partial charge on any atom is -0.507 e. The van der Waals surface area contributed by atoms with Crippen LogP contribution in [-0.4, -0.2) is 27.5 Å². The summed E-state index contributed by atoms with van der Waals surface area (Å²) < 4.78 is 6.00. The van der Waals surface area contributed by atoms with Gasteiger partial charge in [-0.25, -0.2) is 4.79 Å². The maximum Gasteiger partial charge on any atom is 0.343 e. The Morgan fingerprint density at radius 3 is 2.47 bits per heavy atom. The van der Waals surface area contributed by atoms with Gasteiger partial charge in [0.25, 0.3) is 11.4 Å². The Morgan fingerprint density at radius 2 is 1.78 bits per heavy atom. The van der Waals surface area contributed by atoms with E-state index in [1.165, 1.54) is 19.2 Å². The predicted octanol–water partition coefficient (Wildman–Crippen LogP) is 5.46. The van der Waals surface area contributed by atoms with Crippen molar-refractivity contribution in [3.63, 3.8) is 0 Å². The maximum absolute atomic E-state index is 13.0. The van der Waals surface area contributed by atoms with Crippen molar-refractivity contribution in [3.8, 4) is 5.75 Å². The fraction of sp³-hybridized carbons (Fsp3) is 0.154. The van der Waals surface area contributed by atoms with Crippen LogP contribution in [0.25, 0.3) is 11.0 Å². The topological polar surface area (TPSA) is 138 Å². The molecule has 0 saturated carbocycles. The zero-order valence-corrected chi connectivity index (χ0v) is 19.5. The molecule has 10 nitrogen and oxygen atoms in total. The van der Waals surface area contributed by atoms with Gasteiger partial charge in [0.2, 0.25) is 0 Å². The number of nitro benzene ring substituents is 1. The molecule has 1 aromatic heterocycles. The van der Waals surface area contributed by atoms with Crippen LogP contribution in [0.2, 0.25) is 0 Å². The number of anilines is 1. The van der Waals surface area contributed by atoms with Crippen LogP contribution in [-0.2, 0) is 0 Å². The van der Waals surface area contributed by atoms with E-state index in [-0.39, 0.29) is 40.4 Å². The zero-order valence-electron chi connectivity index (χ0n) is 19.5. The molecule has 0 aliphatic heterocycles. The molecule has 0 saturated heterocycles. The number of nitrogens with zero attached hydrogens (tertiary/aromatic N) is 3. The van der Waals surface area contributed by atoms with Gasteiger partial charge in [0, 0.05) is 27.4 Å². The van der Waals surface area contributed by atoms with Crippen LogP contribution in [0.3, 0.4) is 0 Å². The van der Waals surface area contributed by atoms with E-state index in [2.05, 4.69) is 10.5 Å². The Hall–Kier alpha value is -4.86. The molecule has 1 heterocycles. The second-order valence-electron chi connectivity index (χ2n) is 8.23. The Kier molecular flexibility index (Phi) is 6.86. The van der Waals surface area contributed by atoms with Crippen LogP contribution in [0.15, 0.2) is 87.1 Å². The van der Waals surface area contributed by atoms with E-state index in [0.717, 1.165) is 11.6 Å². The van der Waals surface area contributed by atoms with E-state index in [0.29, 0.717) is 15.9 Å². The number of hydrogen-bond acceptors (Lipinski definition) is 8. The first-order valence-corrected chi connectivity index (χ1v) is 11.0. The number of para-hydroxylation sites is 1. The molecule has 0 aliphatic carbocycles. The van der Waals surface area contributed by atoms with E-state index in [9.17, 15) is 24.9 Å². The van der Waals surface area contributed by atoms with Gasteiger partial charge in [-0.15, -0.1) is 0 Å². The first kappa shape index (κ1) is 24.3. The second kappa shape index (κ2) is 10.2. The Labute approximate surface area is 205 Å².